The van der Waals surface area contributed by atoms with E-state index in [0.717, 1.165) is 12.2 Å². The summed E-state index contributed by atoms with van der Waals surface area (Å²) in [5.74, 6) is 0.954. The Bertz CT molecular complexity index is 775. The molecule has 3 aromatic carbocycles. The van der Waals surface area contributed by atoms with Crippen LogP contribution >= 0.6 is 0 Å². The van der Waals surface area contributed by atoms with Crippen LogP contribution in [0.4, 0.5) is 5.69 Å². The van der Waals surface area contributed by atoms with E-state index in [1.807, 2.05) is 0 Å². The second kappa shape index (κ2) is 6.10. The Morgan fingerprint density at radius 3 is 2.27 bits per heavy atom. The monoisotopic (exact) mass is 291 g/mol. The summed E-state index contributed by atoms with van der Waals surface area (Å²) in [5.41, 5.74) is 3.76. The molecule has 0 aliphatic heterocycles. The molecule has 0 radical (unpaired) electrons. The van der Waals surface area contributed by atoms with Crippen LogP contribution in [0, 0.1) is 0 Å². The van der Waals surface area contributed by atoms with E-state index < -0.39 is 0 Å². The highest BCUT2D eigenvalue weighted by Crippen LogP contribution is 2.30. The molecular formula is C20H21NO. The molecule has 0 saturated heterocycles. The number of benzene rings is 3. The number of nitrogens with zero attached hydrogens (tertiary/aromatic N) is 1. The van der Waals surface area contributed by atoms with E-state index >= 15 is 0 Å². The van der Waals surface area contributed by atoms with Crippen molar-refractivity contribution in [3.63, 3.8) is 0 Å². The van der Waals surface area contributed by atoms with E-state index in [1.54, 1.807) is 7.11 Å². The van der Waals surface area contributed by atoms with Crippen molar-refractivity contribution in [1.82, 2.24) is 0 Å². The van der Waals surface area contributed by atoms with Crippen molar-refractivity contribution in [1.29, 1.82) is 0 Å². The highest BCUT2D eigenvalue weighted by Gasteiger charge is 2.09. The van der Waals surface area contributed by atoms with Crippen LogP contribution in [0.1, 0.15) is 11.1 Å². The molecule has 22 heavy (non-hydrogen) atoms. The van der Waals surface area contributed by atoms with E-state index in [9.17, 15) is 0 Å². The summed E-state index contributed by atoms with van der Waals surface area (Å²) in [5, 5.41) is 2.52. The lowest BCUT2D eigenvalue weighted by atomic mass is 9.97. The van der Waals surface area contributed by atoms with E-state index in [4.69, 9.17) is 4.74 Å². The fraction of sp³-hybridized carbons (Fsp3) is 0.200. The van der Waals surface area contributed by atoms with Gasteiger partial charge in [0.1, 0.15) is 5.75 Å². The van der Waals surface area contributed by atoms with E-state index in [-0.39, 0.29) is 0 Å². The molecule has 0 bridgehead atoms. The molecule has 0 aliphatic rings. The molecule has 2 heteroatoms. The maximum Gasteiger partial charge on any atom is 0.123 e. The zero-order valence-corrected chi connectivity index (χ0v) is 13.3. The van der Waals surface area contributed by atoms with Crippen molar-refractivity contribution in [2.75, 3.05) is 26.1 Å². The lowest BCUT2D eigenvalue weighted by Crippen LogP contribution is -2.08. The van der Waals surface area contributed by atoms with Gasteiger partial charge in [-0.05, 0) is 34.5 Å². The predicted molar refractivity (Wildman–Crippen MR) is 94.1 cm³/mol. The number of methoxy groups -OCH3 is 1. The molecule has 0 saturated carbocycles. The van der Waals surface area contributed by atoms with Crippen LogP contribution in [0.15, 0.2) is 60.7 Å². The number of ether oxygens (including phenoxy) is 1. The Morgan fingerprint density at radius 2 is 1.59 bits per heavy atom. The van der Waals surface area contributed by atoms with E-state index in [1.165, 1.54) is 27.6 Å². The smallest absolute Gasteiger partial charge is 0.123 e. The molecule has 2 nitrogen and oxygen atoms in total. The number of rotatable bonds is 4. The Balaban J connectivity index is 2.02. The molecule has 3 aromatic rings. The normalized spacial score (nSPS) is 10.7. The highest BCUT2D eigenvalue weighted by molar-refractivity contribution is 5.88. The van der Waals surface area contributed by atoms with Gasteiger partial charge < -0.3 is 9.64 Å². The molecule has 0 fully saturated rings. The molecule has 0 aromatic heterocycles. The molecule has 0 spiro atoms. The van der Waals surface area contributed by atoms with Crippen LogP contribution < -0.4 is 9.64 Å². The van der Waals surface area contributed by atoms with Gasteiger partial charge in [0.25, 0.3) is 0 Å². The van der Waals surface area contributed by atoms with Gasteiger partial charge in [0.2, 0.25) is 0 Å². The summed E-state index contributed by atoms with van der Waals surface area (Å²) in [6.07, 6.45) is 0.873. The second-order valence-electron chi connectivity index (χ2n) is 5.71. The maximum absolute atomic E-state index is 5.58. The van der Waals surface area contributed by atoms with Crippen molar-refractivity contribution >= 4 is 16.5 Å². The second-order valence-corrected chi connectivity index (χ2v) is 5.71. The van der Waals surface area contributed by atoms with Gasteiger partial charge in [0, 0.05) is 31.8 Å². The summed E-state index contributed by atoms with van der Waals surface area (Å²) >= 11 is 0. The number of fused-ring (bicyclic) bond motifs is 1. The van der Waals surface area contributed by atoms with Gasteiger partial charge in [0.05, 0.1) is 7.11 Å². The fourth-order valence-corrected chi connectivity index (χ4v) is 2.81. The molecule has 0 amide bonds. The third-order valence-electron chi connectivity index (χ3n) is 4.05. The van der Waals surface area contributed by atoms with Gasteiger partial charge in [-0.3, -0.25) is 0 Å². The van der Waals surface area contributed by atoms with Gasteiger partial charge in [-0.15, -0.1) is 0 Å². The first-order valence-electron chi connectivity index (χ1n) is 7.50. The summed E-state index contributed by atoms with van der Waals surface area (Å²) in [6, 6.07) is 21.4. The largest absolute Gasteiger partial charge is 0.496 e. The molecule has 0 unspecified atom stereocenters. The summed E-state index contributed by atoms with van der Waals surface area (Å²) in [6.45, 7) is 0. The highest BCUT2D eigenvalue weighted by atomic mass is 16.5. The Labute approximate surface area is 132 Å². The first kappa shape index (κ1) is 14.5. The van der Waals surface area contributed by atoms with Crippen LogP contribution in [0.2, 0.25) is 0 Å². The van der Waals surface area contributed by atoms with Crippen LogP contribution in [0.3, 0.4) is 0 Å². The van der Waals surface area contributed by atoms with Crippen LogP contribution in [0.5, 0.6) is 5.75 Å². The van der Waals surface area contributed by atoms with Crippen molar-refractivity contribution < 1.29 is 4.74 Å². The molecule has 112 valence electrons. The topological polar surface area (TPSA) is 12.5 Å². The average Bonchev–Trinajstić information content (AvgIpc) is 2.55. The van der Waals surface area contributed by atoms with Gasteiger partial charge in [-0.2, -0.15) is 0 Å². The summed E-state index contributed by atoms with van der Waals surface area (Å²) < 4.78 is 5.58. The number of hydrogen-bond donors (Lipinski definition) is 0. The standard InChI is InChI=1S/C20H21NO/c1-21(2)17-11-8-15(9-12-17)14-19-18-7-5-4-6-16(18)10-13-20(19)22-3/h4-13H,14H2,1-3H3. The predicted octanol–water partition coefficient (Wildman–Crippen LogP) is 4.51. The van der Waals surface area contributed by atoms with Gasteiger partial charge in [-0.25, -0.2) is 0 Å². The van der Waals surface area contributed by atoms with Crippen LogP contribution in [0.25, 0.3) is 10.8 Å². The fourth-order valence-electron chi connectivity index (χ4n) is 2.81. The van der Waals surface area contributed by atoms with E-state index in [0.29, 0.717) is 0 Å². The number of anilines is 1. The van der Waals surface area contributed by atoms with Crippen LogP contribution in [-0.4, -0.2) is 21.2 Å². The van der Waals surface area contributed by atoms with Crippen molar-refractivity contribution in [2.45, 2.75) is 6.42 Å². The first-order chi connectivity index (χ1) is 10.7. The minimum absolute atomic E-state index is 0.873. The zero-order chi connectivity index (χ0) is 15.5. The molecule has 0 aliphatic carbocycles. The molecular weight excluding hydrogens is 270 g/mol. The van der Waals surface area contributed by atoms with Crippen molar-refractivity contribution in [3.05, 3.63) is 71.8 Å². The Morgan fingerprint density at radius 1 is 0.864 bits per heavy atom. The van der Waals surface area contributed by atoms with Crippen molar-refractivity contribution in [3.8, 4) is 5.75 Å². The van der Waals surface area contributed by atoms with Gasteiger partial charge in [0.15, 0.2) is 0 Å². The van der Waals surface area contributed by atoms with Gasteiger partial charge in [-0.1, -0.05) is 42.5 Å². The van der Waals surface area contributed by atoms with Crippen molar-refractivity contribution in [2.24, 2.45) is 0 Å². The summed E-state index contributed by atoms with van der Waals surface area (Å²) in [7, 11) is 5.86. The van der Waals surface area contributed by atoms with E-state index in [2.05, 4.69) is 79.7 Å². The third kappa shape index (κ3) is 2.77. The lowest BCUT2D eigenvalue weighted by molar-refractivity contribution is 0.411. The molecule has 3 rings (SSSR count). The van der Waals surface area contributed by atoms with Crippen LogP contribution in [-0.2, 0) is 6.42 Å². The molecule has 0 N–H and O–H groups in total. The first-order valence-corrected chi connectivity index (χ1v) is 7.50. The summed E-state index contributed by atoms with van der Waals surface area (Å²) in [4.78, 5) is 2.11. The Kier molecular flexibility index (Phi) is 4.01. The maximum atomic E-state index is 5.58. The average molecular weight is 291 g/mol. The number of hydrogen-bond acceptors (Lipinski definition) is 2. The third-order valence-corrected chi connectivity index (χ3v) is 4.05. The lowest BCUT2D eigenvalue weighted by Gasteiger charge is -2.14. The van der Waals surface area contributed by atoms with Gasteiger partial charge >= 0.3 is 0 Å². The minimum Gasteiger partial charge on any atom is -0.496 e. The zero-order valence-electron chi connectivity index (χ0n) is 13.3. The quantitative estimate of drug-likeness (QED) is 0.701. The SMILES string of the molecule is COc1ccc2ccccc2c1Cc1ccc(N(C)C)cc1. The minimum atomic E-state index is 0.873. The molecule has 0 atom stereocenters. The Hall–Kier alpha value is -2.48. The molecule has 0 heterocycles.